The standard InChI is InChI=1S/C17H16N2O4/c1-3-15-18-19-16(23-15)10-22-17(20)13-8-9-14(21-2)12-7-5-4-6-11(12)13/h4-9H,3,10H2,1-2H3. The van der Waals surface area contributed by atoms with E-state index in [1.807, 2.05) is 31.2 Å². The van der Waals surface area contributed by atoms with E-state index in [1.165, 1.54) is 0 Å². The molecule has 118 valence electrons. The Bertz CT molecular complexity index is 841. The minimum absolute atomic E-state index is 0.0494. The van der Waals surface area contributed by atoms with Gasteiger partial charge in [-0.2, -0.15) is 0 Å². The molecule has 1 aromatic heterocycles. The Morgan fingerprint density at radius 1 is 1.09 bits per heavy atom. The van der Waals surface area contributed by atoms with Crippen molar-refractivity contribution in [2.24, 2.45) is 0 Å². The highest BCUT2D eigenvalue weighted by Gasteiger charge is 2.15. The van der Waals surface area contributed by atoms with Gasteiger partial charge in [0.15, 0.2) is 6.61 Å². The zero-order valence-electron chi connectivity index (χ0n) is 12.9. The summed E-state index contributed by atoms with van der Waals surface area (Å²) in [6.07, 6.45) is 0.643. The second-order valence-corrected chi connectivity index (χ2v) is 4.88. The van der Waals surface area contributed by atoms with Gasteiger partial charge in [0.05, 0.1) is 12.7 Å². The van der Waals surface area contributed by atoms with Gasteiger partial charge in [-0.05, 0) is 17.5 Å². The van der Waals surface area contributed by atoms with Crippen LogP contribution >= 0.6 is 0 Å². The number of aromatic nitrogens is 2. The number of aryl methyl sites for hydroxylation is 1. The van der Waals surface area contributed by atoms with E-state index in [-0.39, 0.29) is 12.5 Å². The highest BCUT2D eigenvalue weighted by atomic mass is 16.5. The van der Waals surface area contributed by atoms with Crippen LogP contribution in [0.15, 0.2) is 40.8 Å². The molecule has 23 heavy (non-hydrogen) atoms. The molecule has 6 nitrogen and oxygen atoms in total. The number of carbonyl (C=O) groups excluding carboxylic acids is 1. The van der Waals surface area contributed by atoms with Crippen molar-refractivity contribution >= 4 is 16.7 Å². The third-order valence-corrected chi connectivity index (χ3v) is 3.46. The first kappa shape index (κ1) is 15.0. The maximum atomic E-state index is 12.4. The summed E-state index contributed by atoms with van der Waals surface area (Å²) in [6, 6.07) is 11.0. The van der Waals surface area contributed by atoms with Gasteiger partial charge in [-0.15, -0.1) is 10.2 Å². The molecule has 6 heteroatoms. The molecule has 0 saturated carbocycles. The fourth-order valence-corrected chi connectivity index (χ4v) is 2.32. The van der Waals surface area contributed by atoms with Crippen molar-refractivity contribution < 1.29 is 18.7 Å². The smallest absolute Gasteiger partial charge is 0.339 e. The van der Waals surface area contributed by atoms with Crippen LogP contribution < -0.4 is 4.74 Å². The molecule has 0 N–H and O–H groups in total. The lowest BCUT2D eigenvalue weighted by Crippen LogP contribution is -2.06. The van der Waals surface area contributed by atoms with Gasteiger partial charge in [-0.3, -0.25) is 0 Å². The number of rotatable bonds is 5. The molecule has 3 rings (SSSR count). The molecule has 0 radical (unpaired) electrons. The van der Waals surface area contributed by atoms with Crippen LogP contribution in [-0.2, 0) is 17.8 Å². The van der Waals surface area contributed by atoms with E-state index in [2.05, 4.69) is 10.2 Å². The van der Waals surface area contributed by atoms with Crippen LogP contribution in [0.25, 0.3) is 10.8 Å². The first-order chi connectivity index (χ1) is 11.2. The minimum atomic E-state index is -0.444. The Morgan fingerprint density at radius 3 is 2.52 bits per heavy atom. The number of carbonyl (C=O) groups is 1. The Labute approximate surface area is 133 Å². The van der Waals surface area contributed by atoms with Crippen LogP contribution in [0.4, 0.5) is 0 Å². The molecule has 0 aliphatic rings. The summed E-state index contributed by atoms with van der Waals surface area (Å²) in [5.41, 5.74) is 0.469. The van der Waals surface area contributed by atoms with E-state index in [1.54, 1.807) is 19.2 Å². The zero-order chi connectivity index (χ0) is 16.2. The van der Waals surface area contributed by atoms with Crippen molar-refractivity contribution in [1.29, 1.82) is 0 Å². The average Bonchev–Trinajstić information content (AvgIpc) is 3.06. The molecule has 0 fully saturated rings. The van der Waals surface area contributed by atoms with Crippen molar-refractivity contribution in [1.82, 2.24) is 10.2 Å². The Balaban J connectivity index is 1.83. The van der Waals surface area contributed by atoms with Gasteiger partial charge in [0.2, 0.25) is 5.89 Å². The van der Waals surface area contributed by atoms with Crippen LogP contribution in [0, 0.1) is 0 Å². The molecule has 0 saturated heterocycles. The van der Waals surface area contributed by atoms with Gasteiger partial charge < -0.3 is 13.9 Å². The average molecular weight is 312 g/mol. The normalized spacial score (nSPS) is 10.7. The fourth-order valence-electron chi connectivity index (χ4n) is 2.32. The molecular formula is C17H16N2O4. The second kappa shape index (κ2) is 6.48. The monoisotopic (exact) mass is 312 g/mol. The summed E-state index contributed by atoms with van der Waals surface area (Å²) in [5, 5.41) is 9.29. The molecule has 0 spiro atoms. The first-order valence-electron chi connectivity index (χ1n) is 7.27. The number of ether oxygens (including phenoxy) is 2. The summed E-state index contributed by atoms with van der Waals surface area (Å²) in [4.78, 5) is 12.4. The zero-order valence-corrected chi connectivity index (χ0v) is 12.9. The maximum absolute atomic E-state index is 12.4. The van der Waals surface area contributed by atoms with Gasteiger partial charge in [0.1, 0.15) is 5.75 Å². The SMILES string of the molecule is CCc1nnc(COC(=O)c2ccc(OC)c3ccccc23)o1. The molecule has 0 aliphatic heterocycles. The van der Waals surface area contributed by atoms with Gasteiger partial charge in [0.25, 0.3) is 5.89 Å². The van der Waals surface area contributed by atoms with Crippen molar-refractivity contribution in [3.63, 3.8) is 0 Å². The van der Waals surface area contributed by atoms with Crippen LogP contribution in [0.5, 0.6) is 5.75 Å². The molecule has 0 atom stereocenters. The number of fused-ring (bicyclic) bond motifs is 1. The second-order valence-electron chi connectivity index (χ2n) is 4.88. The van der Waals surface area contributed by atoms with E-state index in [0.29, 0.717) is 23.6 Å². The molecule has 3 aromatic rings. The fraction of sp³-hybridized carbons (Fsp3) is 0.235. The van der Waals surface area contributed by atoms with Gasteiger partial charge in [-0.1, -0.05) is 31.2 Å². The summed E-state index contributed by atoms with van der Waals surface area (Å²) in [5.74, 6) is 1.07. The first-order valence-corrected chi connectivity index (χ1v) is 7.27. The van der Waals surface area contributed by atoms with Crippen LogP contribution in [0.3, 0.4) is 0 Å². The molecule has 0 amide bonds. The number of hydrogen-bond acceptors (Lipinski definition) is 6. The van der Waals surface area contributed by atoms with E-state index < -0.39 is 5.97 Å². The predicted octanol–water partition coefficient (Wildman–Crippen LogP) is 3.15. The lowest BCUT2D eigenvalue weighted by molar-refractivity contribution is 0.0439. The summed E-state index contributed by atoms with van der Waals surface area (Å²) < 4.78 is 15.9. The third-order valence-electron chi connectivity index (χ3n) is 3.46. The van der Waals surface area contributed by atoms with Crippen molar-refractivity contribution in [2.75, 3.05) is 7.11 Å². The summed E-state index contributed by atoms with van der Waals surface area (Å²) in [7, 11) is 1.60. The van der Waals surface area contributed by atoms with Crippen molar-refractivity contribution in [2.45, 2.75) is 20.0 Å². The molecular weight excluding hydrogens is 296 g/mol. The van der Waals surface area contributed by atoms with Crippen molar-refractivity contribution in [3.8, 4) is 5.75 Å². The lowest BCUT2D eigenvalue weighted by atomic mass is 10.0. The Kier molecular flexibility index (Phi) is 4.23. The minimum Gasteiger partial charge on any atom is -0.496 e. The Morgan fingerprint density at radius 2 is 1.83 bits per heavy atom. The number of esters is 1. The molecule has 2 aromatic carbocycles. The largest absolute Gasteiger partial charge is 0.496 e. The number of hydrogen-bond donors (Lipinski definition) is 0. The summed E-state index contributed by atoms with van der Waals surface area (Å²) in [6.45, 7) is 1.86. The number of benzene rings is 2. The predicted molar refractivity (Wildman–Crippen MR) is 83.3 cm³/mol. The van der Waals surface area contributed by atoms with Gasteiger partial charge in [0, 0.05) is 11.8 Å². The molecule has 0 aliphatic carbocycles. The molecule has 0 unspecified atom stereocenters. The number of methoxy groups -OCH3 is 1. The van der Waals surface area contributed by atoms with E-state index in [9.17, 15) is 4.79 Å². The third kappa shape index (κ3) is 3.01. The maximum Gasteiger partial charge on any atom is 0.339 e. The van der Waals surface area contributed by atoms with E-state index in [0.717, 1.165) is 10.8 Å². The van der Waals surface area contributed by atoms with E-state index >= 15 is 0 Å². The highest BCUT2D eigenvalue weighted by molar-refractivity contribution is 6.06. The van der Waals surface area contributed by atoms with Crippen molar-refractivity contribution in [3.05, 3.63) is 53.7 Å². The molecule has 0 bridgehead atoms. The Hall–Kier alpha value is -2.89. The van der Waals surface area contributed by atoms with Crippen LogP contribution in [0.1, 0.15) is 29.1 Å². The number of nitrogens with zero attached hydrogens (tertiary/aromatic N) is 2. The quantitative estimate of drug-likeness (QED) is 0.674. The highest BCUT2D eigenvalue weighted by Crippen LogP contribution is 2.28. The summed E-state index contributed by atoms with van der Waals surface area (Å²) >= 11 is 0. The van der Waals surface area contributed by atoms with Crippen LogP contribution in [0.2, 0.25) is 0 Å². The van der Waals surface area contributed by atoms with E-state index in [4.69, 9.17) is 13.9 Å². The molecule has 1 heterocycles. The van der Waals surface area contributed by atoms with Gasteiger partial charge in [-0.25, -0.2) is 4.79 Å². The lowest BCUT2D eigenvalue weighted by Gasteiger charge is -2.09. The topological polar surface area (TPSA) is 74.5 Å². The van der Waals surface area contributed by atoms with Crippen LogP contribution in [-0.4, -0.2) is 23.3 Å². The van der Waals surface area contributed by atoms with Gasteiger partial charge >= 0.3 is 5.97 Å².